The lowest BCUT2D eigenvalue weighted by Gasteiger charge is -2.11. The molecule has 2 aromatic heterocycles. The number of rotatable bonds is 6. The number of thiophene rings is 1. The predicted octanol–water partition coefficient (Wildman–Crippen LogP) is 4.81. The SMILES string of the molecule is CC(=O)NCc1ccc(C(=O)COc2c(Cl)cc(Cl)c3ccc(C)nc23)s1. The first-order valence-electron chi connectivity index (χ1n) is 8.09. The minimum absolute atomic E-state index is 0.119. The number of nitrogens with zero attached hydrogens (tertiary/aromatic N) is 1. The zero-order valence-corrected chi connectivity index (χ0v) is 17.0. The summed E-state index contributed by atoms with van der Waals surface area (Å²) in [7, 11) is 0. The topological polar surface area (TPSA) is 68.3 Å². The number of Topliss-reactive ketones (excluding diaryl/α,β-unsaturated/α-hetero) is 1. The number of ketones is 1. The van der Waals surface area contributed by atoms with Gasteiger partial charge in [-0.25, -0.2) is 4.98 Å². The van der Waals surface area contributed by atoms with E-state index in [1.54, 1.807) is 12.1 Å². The van der Waals surface area contributed by atoms with Gasteiger partial charge < -0.3 is 10.1 Å². The third-order valence-electron chi connectivity index (χ3n) is 3.77. The fourth-order valence-corrected chi connectivity index (χ4v) is 3.91. The zero-order chi connectivity index (χ0) is 19.6. The summed E-state index contributed by atoms with van der Waals surface area (Å²) >= 11 is 13.8. The summed E-state index contributed by atoms with van der Waals surface area (Å²) in [4.78, 5) is 29.3. The number of carbonyl (C=O) groups is 2. The van der Waals surface area contributed by atoms with Crippen molar-refractivity contribution in [1.82, 2.24) is 10.3 Å². The molecule has 2 heterocycles. The Balaban J connectivity index is 1.78. The second-order valence-corrected chi connectivity index (χ2v) is 7.89. The molecule has 140 valence electrons. The lowest BCUT2D eigenvalue weighted by atomic mass is 10.2. The average molecular weight is 423 g/mol. The summed E-state index contributed by atoms with van der Waals surface area (Å²) in [5.74, 6) is 0.0377. The van der Waals surface area contributed by atoms with Crippen LogP contribution in [0.5, 0.6) is 5.75 Å². The van der Waals surface area contributed by atoms with E-state index in [2.05, 4.69) is 10.3 Å². The highest BCUT2D eigenvalue weighted by atomic mass is 35.5. The van der Waals surface area contributed by atoms with Crippen molar-refractivity contribution in [2.24, 2.45) is 0 Å². The smallest absolute Gasteiger partial charge is 0.217 e. The molecule has 0 saturated carbocycles. The first kappa shape index (κ1) is 19.6. The fraction of sp³-hybridized carbons (Fsp3) is 0.211. The molecule has 5 nitrogen and oxygen atoms in total. The number of carbonyl (C=O) groups excluding carboxylic acids is 2. The first-order chi connectivity index (χ1) is 12.8. The van der Waals surface area contributed by atoms with Crippen LogP contribution in [0, 0.1) is 6.92 Å². The molecule has 0 unspecified atom stereocenters. The molecule has 0 atom stereocenters. The number of amides is 1. The summed E-state index contributed by atoms with van der Waals surface area (Å²) in [6, 6.07) is 8.80. The number of halogens is 2. The Hall–Kier alpha value is -2.15. The molecule has 0 aliphatic rings. The molecule has 0 spiro atoms. The van der Waals surface area contributed by atoms with Gasteiger partial charge in [-0.15, -0.1) is 11.3 Å². The van der Waals surface area contributed by atoms with E-state index in [9.17, 15) is 9.59 Å². The van der Waals surface area contributed by atoms with Crippen molar-refractivity contribution in [2.45, 2.75) is 20.4 Å². The molecule has 0 radical (unpaired) electrons. The molecule has 27 heavy (non-hydrogen) atoms. The fourth-order valence-electron chi connectivity index (χ4n) is 2.47. The van der Waals surface area contributed by atoms with Gasteiger partial charge in [0, 0.05) is 22.9 Å². The molecule has 0 saturated heterocycles. The van der Waals surface area contributed by atoms with Crippen LogP contribution in [-0.4, -0.2) is 23.3 Å². The highest BCUT2D eigenvalue weighted by molar-refractivity contribution is 7.14. The molecule has 0 bridgehead atoms. The third-order valence-corrected chi connectivity index (χ3v) is 5.49. The molecule has 0 aliphatic carbocycles. The van der Waals surface area contributed by atoms with Crippen molar-refractivity contribution >= 4 is 57.1 Å². The van der Waals surface area contributed by atoms with Gasteiger partial charge in [-0.1, -0.05) is 23.2 Å². The van der Waals surface area contributed by atoms with Crippen molar-refractivity contribution in [1.29, 1.82) is 0 Å². The Morgan fingerprint density at radius 2 is 1.96 bits per heavy atom. The summed E-state index contributed by atoms with van der Waals surface area (Å²) in [5, 5.41) is 4.19. The van der Waals surface area contributed by atoms with Crippen LogP contribution in [0.4, 0.5) is 0 Å². The first-order valence-corrected chi connectivity index (χ1v) is 9.67. The highest BCUT2D eigenvalue weighted by Gasteiger charge is 2.16. The van der Waals surface area contributed by atoms with E-state index in [0.29, 0.717) is 38.1 Å². The van der Waals surface area contributed by atoms with Gasteiger partial charge in [0.25, 0.3) is 0 Å². The second kappa shape index (κ2) is 8.25. The van der Waals surface area contributed by atoms with E-state index >= 15 is 0 Å². The lowest BCUT2D eigenvalue weighted by molar-refractivity contribution is -0.119. The molecule has 1 N–H and O–H groups in total. The zero-order valence-electron chi connectivity index (χ0n) is 14.6. The average Bonchev–Trinajstić information content (AvgIpc) is 3.08. The predicted molar refractivity (Wildman–Crippen MR) is 108 cm³/mol. The molecule has 1 aromatic carbocycles. The van der Waals surface area contributed by atoms with E-state index in [1.165, 1.54) is 18.3 Å². The molecule has 1 amide bonds. The molecule has 3 aromatic rings. The van der Waals surface area contributed by atoms with Gasteiger partial charge in [-0.05, 0) is 37.3 Å². The maximum atomic E-state index is 12.5. The minimum Gasteiger partial charge on any atom is -0.482 e. The van der Waals surface area contributed by atoms with Crippen molar-refractivity contribution < 1.29 is 14.3 Å². The van der Waals surface area contributed by atoms with E-state index in [-0.39, 0.29) is 18.3 Å². The number of benzene rings is 1. The summed E-state index contributed by atoms with van der Waals surface area (Å²) in [5.41, 5.74) is 1.32. The molecular formula is C19H16Cl2N2O3S. The Morgan fingerprint density at radius 1 is 1.19 bits per heavy atom. The standard InChI is InChI=1S/C19H16Cl2N2O3S/c1-10-3-5-13-14(20)7-15(21)19(18(13)23-10)26-9-16(25)17-6-4-12(27-17)8-22-11(2)24/h3-7H,8-9H2,1-2H3,(H,22,24). The molecule has 0 fully saturated rings. The number of aryl methyl sites for hydroxylation is 1. The summed E-state index contributed by atoms with van der Waals surface area (Å²) in [6.45, 7) is 3.52. The van der Waals surface area contributed by atoms with Crippen molar-refractivity contribution in [2.75, 3.05) is 6.61 Å². The largest absolute Gasteiger partial charge is 0.482 e. The van der Waals surface area contributed by atoms with Crippen molar-refractivity contribution in [3.05, 3.63) is 55.8 Å². The van der Waals surface area contributed by atoms with Gasteiger partial charge in [0.05, 0.1) is 21.5 Å². The quantitative estimate of drug-likeness (QED) is 0.578. The lowest BCUT2D eigenvalue weighted by Crippen LogP contribution is -2.18. The van der Waals surface area contributed by atoms with Crippen LogP contribution >= 0.6 is 34.5 Å². The van der Waals surface area contributed by atoms with Gasteiger partial charge in [-0.3, -0.25) is 9.59 Å². The van der Waals surface area contributed by atoms with Crippen LogP contribution in [0.2, 0.25) is 10.0 Å². The van der Waals surface area contributed by atoms with Gasteiger partial charge in [0.1, 0.15) is 5.52 Å². The van der Waals surface area contributed by atoms with Crippen LogP contribution in [0.25, 0.3) is 10.9 Å². The van der Waals surface area contributed by atoms with Gasteiger partial charge in [0.15, 0.2) is 12.4 Å². The number of aromatic nitrogens is 1. The molecule has 3 rings (SSSR count). The Morgan fingerprint density at radius 3 is 2.70 bits per heavy atom. The maximum Gasteiger partial charge on any atom is 0.217 e. The van der Waals surface area contributed by atoms with Crippen LogP contribution in [-0.2, 0) is 11.3 Å². The second-order valence-electron chi connectivity index (χ2n) is 5.91. The van der Waals surface area contributed by atoms with Gasteiger partial charge >= 0.3 is 0 Å². The molecule has 0 aliphatic heterocycles. The van der Waals surface area contributed by atoms with E-state index in [4.69, 9.17) is 27.9 Å². The number of pyridine rings is 1. The normalized spacial score (nSPS) is 10.8. The van der Waals surface area contributed by atoms with E-state index in [0.717, 1.165) is 10.6 Å². The Labute approximate surface area is 170 Å². The number of ether oxygens (including phenoxy) is 1. The minimum atomic E-state index is -0.180. The summed E-state index contributed by atoms with van der Waals surface area (Å²) in [6.07, 6.45) is 0. The number of hydrogen-bond acceptors (Lipinski definition) is 5. The molecule has 8 heteroatoms. The molecular weight excluding hydrogens is 407 g/mol. The number of hydrogen-bond donors (Lipinski definition) is 1. The Bertz CT molecular complexity index is 1030. The van der Waals surface area contributed by atoms with Crippen LogP contribution < -0.4 is 10.1 Å². The van der Waals surface area contributed by atoms with E-state index in [1.807, 2.05) is 25.1 Å². The van der Waals surface area contributed by atoms with Crippen LogP contribution in [0.3, 0.4) is 0 Å². The van der Waals surface area contributed by atoms with Crippen molar-refractivity contribution in [3.63, 3.8) is 0 Å². The van der Waals surface area contributed by atoms with Crippen LogP contribution in [0.1, 0.15) is 27.2 Å². The summed E-state index contributed by atoms with van der Waals surface area (Å²) < 4.78 is 5.72. The van der Waals surface area contributed by atoms with Gasteiger partial charge in [0.2, 0.25) is 11.7 Å². The highest BCUT2D eigenvalue weighted by Crippen LogP contribution is 2.37. The van der Waals surface area contributed by atoms with E-state index < -0.39 is 0 Å². The van der Waals surface area contributed by atoms with Crippen LogP contribution in [0.15, 0.2) is 30.3 Å². The van der Waals surface area contributed by atoms with Crippen molar-refractivity contribution in [3.8, 4) is 5.75 Å². The maximum absolute atomic E-state index is 12.5. The monoisotopic (exact) mass is 422 g/mol. The Kier molecular flexibility index (Phi) is 5.99. The van der Waals surface area contributed by atoms with Gasteiger partial charge in [-0.2, -0.15) is 0 Å². The third kappa shape index (κ3) is 4.58. The number of fused-ring (bicyclic) bond motifs is 1. The number of nitrogens with one attached hydrogen (secondary N) is 1.